The van der Waals surface area contributed by atoms with Gasteiger partial charge in [-0.05, 0) is 37.1 Å². The molecule has 0 fully saturated rings. The molecule has 0 saturated heterocycles. The number of carbonyl (C=O) groups excluding carboxylic acids is 2. The third-order valence-electron chi connectivity index (χ3n) is 4.94. The number of fused-ring (bicyclic) bond motifs is 1. The zero-order chi connectivity index (χ0) is 21.0. The van der Waals surface area contributed by atoms with Crippen molar-refractivity contribution in [1.29, 1.82) is 0 Å². The Morgan fingerprint density at radius 3 is 2.38 bits per heavy atom. The van der Waals surface area contributed by atoms with E-state index < -0.39 is 0 Å². The van der Waals surface area contributed by atoms with Gasteiger partial charge in [-0.2, -0.15) is 0 Å². The molecule has 2 aromatic carbocycles. The standard InChI is InChI=1S/C22H26N4O3/c1-4-13-25(14-20(27)23-17-10-6-5-9-16(17)2)21(28)15-26-19-12-8-7-11-18(19)24(3)22(26)29/h5-12H,4,13-15H2,1-3H3,(H,23,27). The summed E-state index contributed by atoms with van der Waals surface area (Å²) in [7, 11) is 1.69. The van der Waals surface area contributed by atoms with Crippen molar-refractivity contribution >= 4 is 28.5 Å². The summed E-state index contributed by atoms with van der Waals surface area (Å²) in [6.07, 6.45) is 0.716. The Bertz CT molecular complexity index is 1100. The summed E-state index contributed by atoms with van der Waals surface area (Å²) < 4.78 is 2.98. The molecular weight excluding hydrogens is 368 g/mol. The van der Waals surface area contributed by atoms with Crippen LogP contribution in [0, 0.1) is 6.92 Å². The summed E-state index contributed by atoms with van der Waals surface area (Å²) in [6.45, 7) is 4.15. The fraction of sp³-hybridized carbons (Fsp3) is 0.318. The molecular formula is C22H26N4O3. The van der Waals surface area contributed by atoms with Crippen molar-refractivity contribution in [3.05, 3.63) is 64.6 Å². The SMILES string of the molecule is CCCN(CC(=O)Nc1ccccc1C)C(=O)Cn1c(=O)n(C)c2ccccc21. The summed E-state index contributed by atoms with van der Waals surface area (Å²) >= 11 is 0. The van der Waals surface area contributed by atoms with E-state index >= 15 is 0 Å². The van der Waals surface area contributed by atoms with Crippen LogP contribution in [0.5, 0.6) is 0 Å². The van der Waals surface area contributed by atoms with Crippen molar-refractivity contribution in [2.45, 2.75) is 26.8 Å². The number of aryl methyl sites for hydroxylation is 2. The fourth-order valence-corrected chi connectivity index (χ4v) is 3.39. The predicted molar refractivity (Wildman–Crippen MR) is 114 cm³/mol. The van der Waals surface area contributed by atoms with Crippen LogP contribution in [0.2, 0.25) is 0 Å². The first kappa shape index (κ1) is 20.4. The average molecular weight is 394 g/mol. The second-order valence-corrected chi connectivity index (χ2v) is 7.09. The molecule has 0 unspecified atom stereocenters. The number of hydrogen-bond donors (Lipinski definition) is 1. The van der Waals surface area contributed by atoms with Crippen molar-refractivity contribution in [1.82, 2.24) is 14.0 Å². The predicted octanol–water partition coefficient (Wildman–Crippen LogP) is 2.53. The Hall–Kier alpha value is -3.35. The van der Waals surface area contributed by atoms with E-state index in [2.05, 4.69) is 5.32 Å². The number of nitrogens with zero attached hydrogens (tertiary/aromatic N) is 3. The van der Waals surface area contributed by atoms with E-state index in [-0.39, 0.29) is 30.6 Å². The van der Waals surface area contributed by atoms with Crippen molar-refractivity contribution in [2.24, 2.45) is 7.05 Å². The minimum absolute atomic E-state index is 0.0550. The van der Waals surface area contributed by atoms with E-state index in [1.165, 1.54) is 14.0 Å². The maximum absolute atomic E-state index is 12.9. The first-order valence-electron chi connectivity index (χ1n) is 9.70. The van der Waals surface area contributed by atoms with Crippen LogP contribution in [0.3, 0.4) is 0 Å². The van der Waals surface area contributed by atoms with Crippen LogP contribution in [0.15, 0.2) is 53.3 Å². The maximum Gasteiger partial charge on any atom is 0.329 e. The molecule has 1 aromatic heterocycles. The number of benzene rings is 2. The number of para-hydroxylation sites is 3. The molecule has 3 rings (SSSR count). The van der Waals surface area contributed by atoms with Gasteiger partial charge in [-0.15, -0.1) is 0 Å². The third-order valence-corrected chi connectivity index (χ3v) is 4.94. The number of imidazole rings is 1. The molecule has 0 atom stereocenters. The molecule has 0 bridgehead atoms. The van der Waals surface area contributed by atoms with Gasteiger partial charge < -0.3 is 10.2 Å². The Morgan fingerprint density at radius 1 is 1.03 bits per heavy atom. The summed E-state index contributed by atoms with van der Waals surface area (Å²) in [6, 6.07) is 14.8. The van der Waals surface area contributed by atoms with Gasteiger partial charge in [0, 0.05) is 19.3 Å². The second-order valence-electron chi connectivity index (χ2n) is 7.09. The third kappa shape index (κ3) is 4.39. The molecule has 7 nitrogen and oxygen atoms in total. The first-order chi connectivity index (χ1) is 13.9. The monoisotopic (exact) mass is 394 g/mol. The maximum atomic E-state index is 12.9. The Balaban J connectivity index is 1.77. The highest BCUT2D eigenvalue weighted by molar-refractivity contribution is 5.95. The topological polar surface area (TPSA) is 76.3 Å². The van der Waals surface area contributed by atoms with Crippen molar-refractivity contribution in [3.63, 3.8) is 0 Å². The van der Waals surface area contributed by atoms with Crippen LogP contribution >= 0.6 is 0 Å². The van der Waals surface area contributed by atoms with Crippen LogP contribution < -0.4 is 11.0 Å². The van der Waals surface area contributed by atoms with Gasteiger partial charge in [0.25, 0.3) is 0 Å². The lowest BCUT2D eigenvalue weighted by molar-refractivity contribution is -0.135. The second kappa shape index (κ2) is 8.77. The molecule has 152 valence electrons. The average Bonchev–Trinajstić information content (AvgIpc) is 2.94. The lowest BCUT2D eigenvalue weighted by Gasteiger charge is -2.22. The molecule has 0 radical (unpaired) electrons. The van der Waals surface area contributed by atoms with Crippen molar-refractivity contribution in [3.8, 4) is 0 Å². The van der Waals surface area contributed by atoms with Crippen molar-refractivity contribution < 1.29 is 9.59 Å². The zero-order valence-corrected chi connectivity index (χ0v) is 17.0. The molecule has 1 heterocycles. The molecule has 0 aliphatic heterocycles. The van der Waals surface area contributed by atoms with Gasteiger partial charge in [0.05, 0.1) is 17.6 Å². The van der Waals surface area contributed by atoms with E-state index in [0.29, 0.717) is 18.5 Å². The Labute approximate surface area is 169 Å². The summed E-state index contributed by atoms with van der Waals surface area (Å²) in [5, 5.41) is 2.86. The molecule has 3 aromatic rings. The van der Waals surface area contributed by atoms with Crippen LogP contribution in [0.4, 0.5) is 5.69 Å². The highest BCUT2D eigenvalue weighted by atomic mass is 16.2. The van der Waals surface area contributed by atoms with Gasteiger partial charge in [0.1, 0.15) is 6.54 Å². The zero-order valence-electron chi connectivity index (χ0n) is 17.0. The number of aromatic nitrogens is 2. The number of rotatable bonds is 7. The first-order valence-corrected chi connectivity index (χ1v) is 9.70. The summed E-state index contributed by atoms with van der Waals surface area (Å²) in [5.74, 6) is -0.517. The van der Waals surface area contributed by atoms with E-state index in [0.717, 1.165) is 16.8 Å². The number of hydrogen-bond acceptors (Lipinski definition) is 3. The van der Waals surface area contributed by atoms with Crippen LogP contribution in [0.25, 0.3) is 11.0 Å². The van der Waals surface area contributed by atoms with Gasteiger partial charge in [-0.3, -0.25) is 18.7 Å². The minimum Gasteiger partial charge on any atom is -0.332 e. The number of nitrogens with one attached hydrogen (secondary N) is 1. The molecule has 29 heavy (non-hydrogen) atoms. The molecule has 0 aliphatic carbocycles. The smallest absolute Gasteiger partial charge is 0.329 e. The minimum atomic E-state index is -0.259. The number of carbonyl (C=O) groups is 2. The number of anilines is 1. The van der Waals surface area contributed by atoms with Crippen LogP contribution in [0.1, 0.15) is 18.9 Å². The summed E-state index contributed by atoms with van der Waals surface area (Å²) in [4.78, 5) is 39.5. The van der Waals surface area contributed by atoms with E-state index in [9.17, 15) is 14.4 Å². The van der Waals surface area contributed by atoms with Crippen molar-refractivity contribution in [2.75, 3.05) is 18.4 Å². The molecule has 7 heteroatoms. The van der Waals surface area contributed by atoms with E-state index in [1.54, 1.807) is 7.05 Å². The lowest BCUT2D eigenvalue weighted by Crippen LogP contribution is -2.41. The highest BCUT2D eigenvalue weighted by Gasteiger charge is 2.20. The van der Waals surface area contributed by atoms with Crippen LogP contribution in [-0.4, -0.2) is 38.9 Å². The molecule has 1 N–H and O–H groups in total. The van der Waals surface area contributed by atoms with Gasteiger partial charge in [-0.1, -0.05) is 37.3 Å². The van der Waals surface area contributed by atoms with Gasteiger partial charge in [0.2, 0.25) is 11.8 Å². The molecule has 2 amide bonds. The van der Waals surface area contributed by atoms with Gasteiger partial charge in [-0.25, -0.2) is 4.79 Å². The Kier molecular flexibility index (Phi) is 6.16. The lowest BCUT2D eigenvalue weighted by atomic mass is 10.2. The van der Waals surface area contributed by atoms with Crippen LogP contribution in [-0.2, 0) is 23.2 Å². The van der Waals surface area contributed by atoms with Gasteiger partial charge in [0.15, 0.2) is 0 Å². The number of amides is 2. The Morgan fingerprint density at radius 2 is 1.69 bits per heavy atom. The largest absolute Gasteiger partial charge is 0.332 e. The highest BCUT2D eigenvalue weighted by Crippen LogP contribution is 2.14. The quantitative estimate of drug-likeness (QED) is 0.669. The molecule has 0 spiro atoms. The summed E-state index contributed by atoms with van der Waals surface area (Å²) in [5.41, 5.74) is 2.90. The van der Waals surface area contributed by atoms with E-state index in [1.807, 2.05) is 62.4 Å². The molecule has 0 aliphatic rings. The van der Waals surface area contributed by atoms with E-state index in [4.69, 9.17) is 0 Å². The molecule has 0 saturated carbocycles. The normalized spacial score (nSPS) is 10.9. The van der Waals surface area contributed by atoms with Gasteiger partial charge >= 0.3 is 5.69 Å². The fourth-order valence-electron chi connectivity index (χ4n) is 3.39.